The average molecular weight is 399 g/mol. The normalized spacial score (nSPS) is 16.5. The minimum absolute atomic E-state index is 0.0598. The molecule has 0 spiro atoms. The molecule has 146 valence electrons. The van der Waals surface area contributed by atoms with E-state index in [4.69, 9.17) is 11.6 Å². The van der Waals surface area contributed by atoms with Crippen LogP contribution in [0.3, 0.4) is 0 Å². The fraction of sp³-hybridized carbons (Fsp3) is 0.364. The summed E-state index contributed by atoms with van der Waals surface area (Å²) < 4.78 is 16.0. The zero-order valence-corrected chi connectivity index (χ0v) is 17.2. The highest BCUT2D eigenvalue weighted by Gasteiger charge is 2.21. The van der Waals surface area contributed by atoms with Gasteiger partial charge in [0.2, 0.25) is 0 Å². The Morgan fingerprint density at radius 1 is 1.11 bits per heavy atom. The van der Waals surface area contributed by atoms with Gasteiger partial charge in [-0.25, -0.2) is 9.37 Å². The van der Waals surface area contributed by atoms with Crippen LogP contribution in [0.15, 0.2) is 24.4 Å². The fourth-order valence-electron chi connectivity index (χ4n) is 4.06. The Morgan fingerprint density at radius 2 is 1.86 bits per heavy atom. The first-order valence-corrected chi connectivity index (χ1v) is 9.97. The molecule has 3 aromatic rings. The van der Waals surface area contributed by atoms with Crippen molar-refractivity contribution in [2.75, 3.05) is 20.1 Å². The number of benzene rings is 1. The van der Waals surface area contributed by atoms with Crippen molar-refractivity contribution in [3.05, 3.63) is 57.9 Å². The van der Waals surface area contributed by atoms with Crippen molar-refractivity contribution >= 4 is 34.8 Å². The van der Waals surface area contributed by atoms with Crippen LogP contribution in [0.25, 0.3) is 23.2 Å². The number of hydrogen-bond donors (Lipinski definition) is 0. The predicted octanol–water partition coefficient (Wildman–Crippen LogP) is 5.28. The van der Waals surface area contributed by atoms with E-state index in [1.54, 1.807) is 6.20 Å². The molecule has 4 nitrogen and oxygen atoms in total. The number of nitrogens with zero attached hydrogens (tertiary/aromatic N) is 4. The number of likely N-dealkylation sites (tertiary alicyclic amines) is 1. The van der Waals surface area contributed by atoms with Gasteiger partial charge in [-0.3, -0.25) is 4.98 Å². The van der Waals surface area contributed by atoms with Gasteiger partial charge in [-0.1, -0.05) is 17.7 Å². The Balaban J connectivity index is 1.60. The van der Waals surface area contributed by atoms with Crippen LogP contribution in [0.1, 0.15) is 41.5 Å². The zero-order chi connectivity index (χ0) is 19.8. The van der Waals surface area contributed by atoms with Gasteiger partial charge in [-0.15, -0.1) is 0 Å². The van der Waals surface area contributed by atoms with Gasteiger partial charge in [-0.05, 0) is 70.6 Å². The van der Waals surface area contributed by atoms with Crippen molar-refractivity contribution in [3.8, 4) is 0 Å². The maximum Gasteiger partial charge on any atom is 0.144 e. The van der Waals surface area contributed by atoms with Gasteiger partial charge in [0.25, 0.3) is 0 Å². The molecular weight excluding hydrogens is 375 g/mol. The molecule has 1 saturated heterocycles. The lowest BCUT2D eigenvalue weighted by molar-refractivity contribution is 0.218. The molecule has 0 saturated carbocycles. The first-order valence-electron chi connectivity index (χ1n) is 9.59. The molecule has 1 aliphatic rings. The van der Waals surface area contributed by atoms with E-state index in [-0.39, 0.29) is 5.02 Å². The summed E-state index contributed by atoms with van der Waals surface area (Å²) in [6, 6.07) is 5.62. The van der Waals surface area contributed by atoms with Crippen molar-refractivity contribution in [2.45, 2.75) is 32.7 Å². The lowest BCUT2D eigenvalue weighted by Gasteiger charge is -2.31. The first kappa shape index (κ1) is 19.1. The number of rotatable bonds is 3. The van der Waals surface area contributed by atoms with Crippen LogP contribution in [0, 0.1) is 19.7 Å². The van der Waals surface area contributed by atoms with E-state index in [0.29, 0.717) is 17.1 Å². The Kier molecular flexibility index (Phi) is 5.21. The summed E-state index contributed by atoms with van der Waals surface area (Å²) in [4.78, 5) is 11.2. The minimum Gasteiger partial charge on any atom is -0.345 e. The molecule has 4 rings (SSSR count). The van der Waals surface area contributed by atoms with E-state index in [0.717, 1.165) is 18.8 Å². The lowest BCUT2D eigenvalue weighted by Crippen LogP contribution is -2.32. The van der Waals surface area contributed by atoms with Crippen molar-refractivity contribution in [2.24, 2.45) is 0 Å². The SMILES string of the molecule is Cc1cc(/C=C/c2cnc3cc(F)c(Cl)cc3n2)c(C)n1C1CCN(C)CC1. The second-order valence-corrected chi connectivity index (χ2v) is 8.02. The smallest absolute Gasteiger partial charge is 0.144 e. The molecular formula is C22H24ClFN4. The Bertz CT molecular complexity index is 1050. The molecule has 2 aromatic heterocycles. The van der Waals surface area contributed by atoms with E-state index in [1.165, 1.54) is 41.9 Å². The van der Waals surface area contributed by atoms with E-state index in [9.17, 15) is 4.39 Å². The van der Waals surface area contributed by atoms with Crippen LogP contribution in [-0.2, 0) is 0 Å². The number of halogens is 2. The monoisotopic (exact) mass is 398 g/mol. The maximum absolute atomic E-state index is 13.6. The Morgan fingerprint density at radius 3 is 2.61 bits per heavy atom. The number of hydrogen-bond acceptors (Lipinski definition) is 3. The lowest BCUT2D eigenvalue weighted by atomic mass is 10.0. The molecule has 0 N–H and O–H groups in total. The third kappa shape index (κ3) is 3.69. The van der Waals surface area contributed by atoms with E-state index < -0.39 is 5.82 Å². The van der Waals surface area contributed by atoms with Crippen LogP contribution >= 0.6 is 11.6 Å². The fourth-order valence-corrected chi connectivity index (χ4v) is 4.22. The average Bonchev–Trinajstić information content (AvgIpc) is 2.95. The third-order valence-electron chi connectivity index (χ3n) is 5.61. The largest absolute Gasteiger partial charge is 0.345 e. The van der Waals surface area contributed by atoms with Gasteiger partial charge in [-0.2, -0.15) is 0 Å². The summed E-state index contributed by atoms with van der Waals surface area (Å²) in [5.74, 6) is -0.479. The van der Waals surface area contributed by atoms with Gasteiger partial charge in [0, 0.05) is 23.5 Å². The molecule has 6 heteroatoms. The highest BCUT2D eigenvalue weighted by Crippen LogP contribution is 2.29. The van der Waals surface area contributed by atoms with Gasteiger partial charge >= 0.3 is 0 Å². The molecule has 1 fully saturated rings. The highest BCUT2D eigenvalue weighted by molar-refractivity contribution is 6.31. The summed E-state index contributed by atoms with van der Waals surface area (Å²) in [5.41, 5.74) is 5.57. The number of aromatic nitrogens is 3. The van der Waals surface area contributed by atoms with Crippen LogP contribution in [0.2, 0.25) is 5.02 Å². The molecule has 0 bridgehead atoms. The van der Waals surface area contributed by atoms with Gasteiger partial charge in [0.15, 0.2) is 0 Å². The first-order chi connectivity index (χ1) is 13.4. The van der Waals surface area contributed by atoms with E-state index in [2.05, 4.69) is 52.5 Å². The number of piperidine rings is 1. The van der Waals surface area contributed by atoms with Gasteiger partial charge in [0.1, 0.15) is 5.82 Å². The second-order valence-electron chi connectivity index (χ2n) is 7.61. The molecule has 0 aliphatic carbocycles. The maximum atomic E-state index is 13.6. The molecule has 0 radical (unpaired) electrons. The predicted molar refractivity (Wildman–Crippen MR) is 113 cm³/mol. The van der Waals surface area contributed by atoms with E-state index >= 15 is 0 Å². The summed E-state index contributed by atoms with van der Waals surface area (Å²) >= 11 is 5.87. The van der Waals surface area contributed by atoms with Crippen molar-refractivity contribution in [1.82, 2.24) is 19.4 Å². The Labute approximate surface area is 169 Å². The summed E-state index contributed by atoms with van der Waals surface area (Å²) in [7, 11) is 2.19. The van der Waals surface area contributed by atoms with Crippen molar-refractivity contribution in [1.29, 1.82) is 0 Å². The van der Waals surface area contributed by atoms with Crippen LogP contribution in [0.5, 0.6) is 0 Å². The molecule has 0 unspecified atom stereocenters. The highest BCUT2D eigenvalue weighted by atomic mass is 35.5. The topological polar surface area (TPSA) is 34.0 Å². The standard InChI is InChI=1S/C22H24ClFN4/c1-14-10-16(15(2)28(14)18-6-8-27(3)9-7-18)4-5-17-13-25-21-12-20(24)19(23)11-22(21)26-17/h4-5,10-13,18H,6-9H2,1-3H3/b5-4+. The van der Waals surface area contributed by atoms with Gasteiger partial charge < -0.3 is 9.47 Å². The molecule has 0 atom stereocenters. The number of fused-ring (bicyclic) bond motifs is 1. The molecule has 3 heterocycles. The van der Waals surface area contributed by atoms with Crippen LogP contribution < -0.4 is 0 Å². The Hall–Kier alpha value is -2.24. The van der Waals surface area contributed by atoms with Crippen molar-refractivity contribution < 1.29 is 4.39 Å². The molecule has 1 aromatic carbocycles. The molecule has 28 heavy (non-hydrogen) atoms. The zero-order valence-electron chi connectivity index (χ0n) is 16.4. The molecule has 0 amide bonds. The van der Waals surface area contributed by atoms with Crippen LogP contribution in [0.4, 0.5) is 4.39 Å². The summed E-state index contributed by atoms with van der Waals surface area (Å²) in [6.45, 7) is 6.64. The third-order valence-corrected chi connectivity index (χ3v) is 5.90. The van der Waals surface area contributed by atoms with Gasteiger partial charge in [0.05, 0.1) is 27.9 Å². The molecule has 1 aliphatic heterocycles. The van der Waals surface area contributed by atoms with Crippen LogP contribution in [-0.4, -0.2) is 39.6 Å². The second kappa shape index (κ2) is 7.64. The van der Waals surface area contributed by atoms with E-state index in [1.807, 2.05) is 6.08 Å². The summed E-state index contributed by atoms with van der Waals surface area (Å²) in [5, 5.41) is 0.0598. The summed E-state index contributed by atoms with van der Waals surface area (Å²) in [6.07, 6.45) is 8.05. The quantitative estimate of drug-likeness (QED) is 0.602. The number of aryl methyl sites for hydroxylation is 1. The minimum atomic E-state index is -0.479. The van der Waals surface area contributed by atoms with Crippen molar-refractivity contribution in [3.63, 3.8) is 0 Å².